The van der Waals surface area contributed by atoms with Crippen molar-refractivity contribution in [3.05, 3.63) is 0 Å². The highest BCUT2D eigenvalue weighted by Gasteiger charge is 2.44. The summed E-state index contributed by atoms with van der Waals surface area (Å²) in [5, 5.41) is 0. The van der Waals surface area contributed by atoms with E-state index in [1.54, 1.807) is 0 Å². The van der Waals surface area contributed by atoms with Crippen LogP contribution in [0.2, 0.25) is 0 Å². The molecule has 0 aromatic carbocycles. The fourth-order valence-corrected chi connectivity index (χ4v) is 2.68. The predicted octanol–water partition coefficient (Wildman–Crippen LogP) is 2.66. The SMILES string of the molecule is CC12CCCCCCC1CC(=O)O2. The van der Waals surface area contributed by atoms with E-state index in [9.17, 15) is 4.79 Å². The van der Waals surface area contributed by atoms with Crippen molar-refractivity contribution in [1.29, 1.82) is 0 Å². The van der Waals surface area contributed by atoms with Gasteiger partial charge >= 0.3 is 5.97 Å². The Morgan fingerprint density at radius 3 is 2.92 bits per heavy atom. The molecular formula is C11H18O2. The lowest BCUT2D eigenvalue weighted by Crippen LogP contribution is -2.32. The first-order chi connectivity index (χ1) is 6.21. The highest BCUT2D eigenvalue weighted by Crippen LogP contribution is 2.41. The Hall–Kier alpha value is -0.530. The van der Waals surface area contributed by atoms with Crippen LogP contribution in [0.1, 0.15) is 51.9 Å². The van der Waals surface area contributed by atoms with Crippen molar-refractivity contribution < 1.29 is 9.53 Å². The molecule has 0 N–H and O–H groups in total. The van der Waals surface area contributed by atoms with Crippen molar-refractivity contribution in [2.75, 3.05) is 0 Å². The van der Waals surface area contributed by atoms with Gasteiger partial charge in [-0.1, -0.05) is 19.3 Å². The third kappa shape index (κ3) is 1.72. The van der Waals surface area contributed by atoms with Gasteiger partial charge in [0.05, 0.1) is 6.42 Å². The van der Waals surface area contributed by atoms with Crippen LogP contribution in [-0.2, 0) is 9.53 Å². The number of ether oxygens (including phenoxy) is 1. The molecule has 74 valence electrons. The molecular weight excluding hydrogens is 164 g/mol. The first-order valence-electron chi connectivity index (χ1n) is 5.42. The molecule has 0 aromatic rings. The number of fused-ring (bicyclic) bond motifs is 1. The quantitative estimate of drug-likeness (QED) is 0.538. The standard InChI is InChI=1S/C11H18O2/c1-11-7-5-3-2-4-6-9(11)8-10(12)13-11/h9H,2-8H2,1H3. The highest BCUT2D eigenvalue weighted by atomic mass is 16.6. The molecule has 2 rings (SSSR count). The Kier molecular flexibility index (Phi) is 2.31. The second-order valence-corrected chi connectivity index (χ2v) is 4.64. The van der Waals surface area contributed by atoms with E-state index >= 15 is 0 Å². The van der Waals surface area contributed by atoms with E-state index in [2.05, 4.69) is 6.92 Å². The Morgan fingerprint density at radius 2 is 2.08 bits per heavy atom. The van der Waals surface area contributed by atoms with Gasteiger partial charge in [-0.05, 0) is 26.2 Å². The van der Waals surface area contributed by atoms with E-state index in [1.807, 2.05) is 0 Å². The van der Waals surface area contributed by atoms with Crippen molar-refractivity contribution in [1.82, 2.24) is 0 Å². The van der Waals surface area contributed by atoms with Gasteiger partial charge in [0, 0.05) is 5.92 Å². The molecule has 1 saturated heterocycles. The molecule has 2 nitrogen and oxygen atoms in total. The van der Waals surface area contributed by atoms with Crippen LogP contribution < -0.4 is 0 Å². The molecule has 1 aliphatic carbocycles. The van der Waals surface area contributed by atoms with Gasteiger partial charge in [0.15, 0.2) is 0 Å². The van der Waals surface area contributed by atoms with E-state index in [0.717, 1.165) is 6.42 Å². The van der Waals surface area contributed by atoms with E-state index in [0.29, 0.717) is 12.3 Å². The van der Waals surface area contributed by atoms with Gasteiger partial charge in [0.25, 0.3) is 0 Å². The van der Waals surface area contributed by atoms with Crippen molar-refractivity contribution in [3.63, 3.8) is 0 Å². The summed E-state index contributed by atoms with van der Waals surface area (Å²) in [6.45, 7) is 2.12. The largest absolute Gasteiger partial charge is 0.459 e. The first-order valence-corrected chi connectivity index (χ1v) is 5.42. The van der Waals surface area contributed by atoms with Crippen molar-refractivity contribution in [2.45, 2.75) is 57.5 Å². The molecule has 1 saturated carbocycles. The molecule has 2 heteroatoms. The second-order valence-electron chi connectivity index (χ2n) is 4.64. The number of hydrogen-bond donors (Lipinski definition) is 0. The molecule has 0 spiro atoms. The van der Waals surface area contributed by atoms with Crippen LogP contribution in [0.5, 0.6) is 0 Å². The summed E-state index contributed by atoms with van der Waals surface area (Å²) in [6.07, 6.45) is 8.06. The number of carbonyl (C=O) groups is 1. The van der Waals surface area contributed by atoms with Crippen molar-refractivity contribution in [3.8, 4) is 0 Å². The minimum absolute atomic E-state index is 0.0226. The first kappa shape index (κ1) is 9.04. The fourth-order valence-electron chi connectivity index (χ4n) is 2.68. The maximum Gasteiger partial charge on any atom is 0.306 e. The Balaban J connectivity index is 2.09. The van der Waals surface area contributed by atoms with Crippen LogP contribution in [0.3, 0.4) is 0 Å². The van der Waals surface area contributed by atoms with E-state index < -0.39 is 0 Å². The second kappa shape index (κ2) is 3.32. The molecule has 2 aliphatic rings. The summed E-state index contributed by atoms with van der Waals surface area (Å²) in [5.74, 6) is 0.523. The molecule has 1 aliphatic heterocycles. The topological polar surface area (TPSA) is 26.3 Å². The Labute approximate surface area is 79.7 Å². The van der Waals surface area contributed by atoms with Gasteiger partial charge in [-0.15, -0.1) is 0 Å². The smallest absolute Gasteiger partial charge is 0.306 e. The number of rotatable bonds is 0. The third-order valence-electron chi connectivity index (χ3n) is 3.60. The van der Waals surface area contributed by atoms with E-state index in [4.69, 9.17) is 4.74 Å². The molecule has 13 heavy (non-hydrogen) atoms. The summed E-state index contributed by atoms with van der Waals surface area (Å²) in [5.41, 5.74) is -0.114. The lowest BCUT2D eigenvalue weighted by Gasteiger charge is -2.31. The summed E-state index contributed by atoms with van der Waals surface area (Å²) in [7, 11) is 0. The minimum atomic E-state index is -0.114. The summed E-state index contributed by atoms with van der Waals surface area (Å²) >= 11 is 0. The molecule has 2 unspecified atom stereocenters. The van der Waals surface area contributed by atoms with Crippen molar-refractivity contribution >= 4 is 5.97 Å². The van der Waals surface area contributed by atoms with Gasteiger partial charge < -0.3 is 4.74 Å². The summed E-state index contributed by atoms with van der Waals surface area (Å²) in [4.78, 5) is 11.2. The number of hydrogen-bond acceptors (Lipinski definition) is 2. The average Bonchev–Trinajstić information content (AvgIpc) is 2.29. The average molecular weight is 182 g/mol. The van der Waals surface area contributed by atoms with E-state index in [1.165, 1.54) is 32.1 Å². The molecule has 0 amide bonds. The minimum Gasteiger partial charge on any atom is -0.459 e. The third-order valence-corrected chi connectivity index (χ3v) is 3.60. The van der Waals surface area contributed by atoms with Gasteiger partial charge in [-0.25, -0.2) is 0 Å². The molecule has 2 atom stereocenters. The van der Waals surface area contributed by atoms with Gasteiger partial charge in [-0.3, -0.25) is 4.79 Å². The van der Waals surface area contributed by atoms with Crippen LogP contribution >= 0.6 is 0 Å². The van der Waals surface area contributed by atoms with Gasteiger partial charge in [0.2, 0.25) is 0 Å². The molecule has 0 radical (unpaired) electrons. The zero-order valence-corrected chi connectivity index (χ0v) is 8.34. The van der Waals surface area contributed by atoms with Crippen LogP contribution in [-0.4, -0.2) is 11.6 Å². The fraction of sp³-hybridized carbons (Fsp3) is 0.909. The maximum atomic E-state index is 11.2. The van der Waals surface area contributed by atoms with E-state index in [-0.39, 0.29) is 11.6 Å². The predicted molar refractivity (Wildman–Crippen MR) is 50.3 cm³/mol. The Morgan fingerprint density at radius 1 is 1.31 bits per heavy atom. The van der Waals surface area contributed by atoms with Crippen LogP contribution in [0.4, 0.5) is 0 Å². The molecule has 0 bridgehead atoms. The monoisotopic (exact) mass is 182 g/mol. The van der Waals surface area contributed by atoms with Crippen molar-refractivity contribution in [2.24, 2.45) is 5.92 Å². The Bertz CT molecular complexity index is 212. The molecule has 1 heterocycles. The normalized spacial score (nSPS) is 40.4. The van der Waals surface area contributed by atoms with Gasteiger partial charge in [0.1, 0.15) is 5.60 Å². The summed E-state index contributed by atoms with van der Waals surface area (Å²) < 4.78 is 5.45. The van der Waals surface area contributed by atoms with Gasteiger partial charge in [-0.2, -0.15) is 0 Å². The molecule has 2 fully saturated rings. The lowest BCUT2D eigenvalue weighted by atomic mass is 9.79. The lowest BCUT2D eigenvalue weighted by molar-refractivity contribution is -0.148. The van der Waals surface area contributed by atoms with Crippen LogP contribution in [0.25, 0.3) is 0 Å². The zero-order chi connectivity index (χ0) is 9.31. The maximum absolute atomic E-state index is 11.2. The van der Waals surface area contributed by atoms with Crippen LogP contribution in [0.15, 0.2) is 0 Å². The number of carbonyl (C=O) groups excluding carboxylic acids is 1. The highest BCUT2D eigenvalue weighted by molar-refractivity contribution is 5.72. The summed E-state index contributed by atoms with van der Waals surface area (Å²) in [6, 6.07) is 0. The van der Waals surface area contributed by atoms with Crippen LogP contribution in [0, 0.1) is 5.92 Å². The number of esters is 1. The molecule has 0 aromatic heterocycles. The zero-order valence-electron chi connectivity index (χ0n) is 8.34.